The van der Waals surface area contributed by atoms with Crippen LogP contribution < -0.4 is 5.73 Å². The van der Waals surface area contributed by atoms with Crippen LogP contribution in [0.2, 0.25) is 5.02 Å². The molecular weight excluding hydrogens is 360 g/mol. The number of nitrogen functional groups attached to an aromatic ring is 1. The number of aromatic nitrogens is 1. The van der Waals surface area contributed by atoms with Gasteiger partial charge in [0, 0.05) is 10.6 Å². The van der Waals surface area contributed by atoms with Gasteiger partial charge in [-0.3, -0.25) is 4.79 Å². The van der Waals surface area contributed by atoms with Gasteiger partial charge in [-0.25, -0.2) is 4.98 Å². The van der Waals surface area contributed by atoms with Crippen LogP contribution in [0.5, 0.6) is 0 Å². The fourth-order valence-electron chi connectivity index (χ4n) is 2.17. The molecule has 0 saturated heterocycles. The maximum Gasteiger partial charge on any atom is 0.318 e. The number of benzene rings is 1. The Morgan fingerprint density at radius 1 is 1.28 bits per heavy atom. The van der Waals surface area contributed by atoms with Gasteiger partial charge in [-0.2, -0.15) is 10.5 Å². The van der Waals surface area contributed by atoms with E-state index in [4.69, 9.17) is 22.1 Å². The Morgan fingerprint density at radius 2 is 1.88 bits per heavy atom. The van der Waals surface area contributed by atoms with E-state index in [9.17, 15) is 15.3 Å². The molecule has 6 nitrogen and oxygen atoms in total. The van der Waals surface area contributed by atoms with E-state index in [1.54, 1.807) is 31.2 Å². The Morgan fingerprint density at radius 3 is 2.40 bits per heavy atom. The van der Waals surface area contributed by atoms with Crippen LogP contribution >= 0.6 is 23.4 Å². The Hall–Kier alpha value is -2.74. The lowest BCUT2D eigenvalue weighted by molar-refractivity contribution is -0.139. The van der Waals surface area contributed by atoms with Crippen molar-refractivity contribution in [3.63, 3.8) is 0 Å². The summed E-state index contributed by atoms with van der Waals surface area (Å²) in [6, 6.07) is 10.7. The van der Waals surface area contributed by atoms with Crippen LogP contribution in [-0.4, -0.2) is 23.3 Å². The number of methoxy groups -OCH3 is 1. The molecule has 2 N–H and O–H groups in total. The number of carbonyl (C=O) groups is 1. The third-order valence-electron chi connectivity index (χ3n) is 3.37. The number of rotatable bonds is 4. The van der Waals surface area contributed by atoms with Gasteiger partial charge in [0.25, 0.3) is 0 Å². The molecule has 1 unspecified atom stereocenters. The first kappa shape index (κ1) is 18.6. The largest absolute Gasteiger partial charge is 0.468 e. The lowest BCUT2D eigenvalue weighted by Crippen LogP contribution is -2.15. The van der Waals surface area contributed by atoms with Crippen molar-refractivity contribution in [2.75, 3.05) is 12.8 Å². The number of hydrogen-bond donors (Lipinski definition) is 1. The minimum absolute atomic E-state index is 0.00832. The number of anilines is 1. The Kier molecular flexibility index (Phi) is 5.87. The summed E-state index contributed by atoms with van der Waals surface area (Å²) in [5.41, 5.74) is 7.17. The molecule has 0 spiro atoms. The van der Waals surface area contributed by atoms with Gasteiger partial charge in [0.2, 0.25) is 0 Å². The first-order chi connectivity index (χ1) is 11.9. The summed E-state index contributed by atoms with van der Waals surface area (Å²) in [7, 11) is 1.28. The molecule has 1 heterocycles. The van der Waals surface area contributed by atoms with E-state index in [0.29, 0.717) is 16.1 Å². The molecule has 8 heteroatoms. The maximum absolute atomic E-state index is 11.7. The van der Waals surface area contributed by atoms with E-state index in [1.807, 2.05) is 6.07 Å². The van der Waals surface area contributed by atoms with Crippen LogP contribution in [-0.2, 0) is 9.53 Å². The highest BCUT2D eigenvalue weighted by molar-refractivity contribution is 8.00. The van der Waals surface area contributed by atoms with Gasteiger partial charge in [0.05, 0.1) is 12.7 Å². The van der Waals surface area contributed by atoms with Crippen LogP contribution in [0, 0.1) is 22.7 Å². The van der Waals surface area contributed by atoms with Crippen molar-refractivity contribution >= 4 is 35.1 Å². The summed E-state index contributed by atoms with van der Waals surface area (Å²) >= 11 is 6.96. The molecule has 25 heavy (non-hydrogen) atoms. The van der Waals surface area contributed by atoms with E-state index < -0.39 is 11.2 Å². The van der Waals surface area contributed by atoms with E-state index >= 15 is 0 Å². The molecule has 0 amide bonds. The second-order valence-electron chi connectivity index (χ2n) is 4.94. The Bertz CT molecular complexity index is 901. The van der Waals surface area contributed by atoms with Crippen LogP contribution in [0.1, 0.15) is 18.1 Å². The molecule has 0 aliphatic heterocycles. The van der Waals surface area contributed by atoms with Crippen molar-refractivity contribution in [1.29, 1.82) is 10.5 Å². The van der Waals surface area contributed by atoms with Gasteiger partial charge in [-0.1, -0.05) is 35.5 Å². The summed E-state index contributed by atoms with van der Waals surface area (Å²) in [6.07, 6.45) is 0. The van der Waals surface area contributed by atoms with Gasteiger partial charge < -0.3 is 10.5 Å². The zero-order chi connectivity index (χ0) is 18.6. The van der Waals surface area contributed by atoms with E-state index in [0.717, 1.165) is 11.8 Å². The fraction of sp³-hybridized carbons (Fsp3) is 0.176. The monoisotopic (exact) mass is 372 g/mol. The number of carbonyl (C=O) groups excluding carboxylic acids is 1. The standard InChI is InChI=1S/C17H13ClN4O2S/c1-9(17(23)24-2)25-16-13(8-20)14(12(7-19)15(21)22-16)10-3-5-11(18)6-4-10/h3-6,9H,1-2H3,(H2,21,22). The van der Waals surface area contributed by atoms with Crippen LogP contribution in [0.25, 0.3) is 11.1 Å². The van der Waals surface area contributed by atoms with Gasteiger partial charge in [-0.05, 0) is 24.6 Å². The molecule has 0 fully saturated rings. The highest BCUT2D eigenvalue weighted by atomic mass is 35.5. The summed E-state index contributed by atoms with van der Waals surface area (Å²) in [5, 5.41) is 19.3. The average molecular weight is 373 g/mol. The maximum atomic E-state index is 11.7. The fourth-order valence-corrected chi connectivity index (χ4v) is 3.24. The summed E-state index contributed by atoms with van der Waals surface area (Å²) in [4.78, 5) is 15.8. The quantitative estimate of drug-likeness (QED) is 0.646. The second kappa shape index (κ2) is 7.89. The molecule has 0 radical (unpaired) electrons. The topological polar surface area (TPSA) is 113 Å². The SMILES string of the molecule is COC(=O)C(C)Sc1nc(N)c(C#N)c(-c2ccc(Cl)cc2)c1C#N. The third-order valence-corrected chi connectivity index (χ3v) is 4.69. The second-order valence-corrected chi connectivity index (χ2v) is 6.71. The van der Waals surface area contributed by atoms with Crippen LogP contribution in [0.3, 0.4) is 0 Å². The molecule has 1 atom stereocenters. The van der Waals surface area contributed by atoms with Gasteiger partial charge in [-0.15, -0.1) is 0 Å². The smallest absolute Gasteiger partial charge is 0.318 e. The van der Waals surface area contributed by atoms with Crippen molar-refractivity contribution in [2.24, 2.45) is 0 Å². The molecule has 1 aromatic carbocycles. The third kappa shape index (κ3) is 3.85. The highest BCUT2D eigenvalue weighted by Crippen LogP contribution is 2.37. The van der Waals surface area contributed by atoms with E-state index in [-0.39, 0.29) is 22.0 Å². The number of nitrogens with two attached hydrogens (primary N) is 1. The zero-order valence-corrected chi connectivity index (χ0v) is 15.0. The minimum Gasteiger partial charge on any atom is -0.468 e. The normalized spacial score (nSPS) is 11.2. The lowest BCUT2D eigenvalue weighted by Gasteiger charge is -2.15. The summed E-state index contributed by atoms with van der Waals surface area (Å²) < 4.78 is 4.69. The Labute approximate surface area is 154 Å². The molecule has 0 bridgehead atoms. The predicted molar refractivity (Wildman–Crippen MR) is 95.9 cm³/mol. The van der Waals surface area contributed by atoms with Crippen LogP contribution in [0.15, 0.2) is 29.3 Å². The van der Waals surface area contributed by atoms with Gasteiger partial charge in [0.15, 0.2) is 0 Å². The van der Waals surface area contributed by atoms with Crippen molar-refractivity contribution < 1.29 is 9.53 Å². The molecule has 0 aliphatic carbocycles. The average Bonchev–Trinajstić information content (AvgIpc) is 2.61. The number of nitriles is 2. The number of esters is 1. The molecule has 1 aromatic heterocycles. The number of hydrogen-bond acceptors (Lipinski definition) is 7. The van der Waals surface area contributed by atoms with Gasteiger partial charge in [0.1, 0.15) is 33.8 Å². The predicted octanol–water partition coefficient (Wildman–Crippen LogP) is 3.38. The number of nitrogens with zero attached hydrogens (tertiary/aromatic N) is 3. The first-order valence-electron chi connectivity index (χ1n) is 7.07. The van der Waals surface area contributed by atoms with E-state index in [2.05, 4.69) is 11.1 Å². The number of halogens is 1. The molecule has 2 rings (SSSR count). The van der Waals surface area contributed by atoms with E-state index in [1.165, 1.54) is 7.11 Å². The summed E-state index contributed by atoms with van der Waals surface area (Å²) in [6.45, 7) is 1.63. The van der Waals surface area contributed by atoms with Crippen molar-refractivity contribution in [3.8, 4) is 23.3 Å². The Balaban J connectivity index is 2.69. The summed E-state index contributed by atoms with van der Waals surface area (Å²) in [5.74, 6) is -0.460. The van der Waals surface area contributed by atoms with Crippen molar-refractivity contribution in [1.82, 2.24) is 4.98 Å². The lowest BCUT2D eigenvalue weighted by atomic mass is 9.97. The van der Waals surface area contributed by atoms with Crippen LogP contribution in [0.4, 0.5) is 5.82 Å². The minimum atomic E-state index is -0.588. The number of pyridine rings is 1. The van der Waals surface area contributed by atoms with Crippen molar-refractivity contribution in [2.45, 2.75) is 17.2 Å². The highest BCUT2D eigenvalue weighted by Gasteiger charge is 2.24. The molecule has 0 aliphatic rings. The molecule has 126 valence electrons. The van der Waals surface area contributed by atoms with Crippen molar-refractivity contribution in [3.05, 3.63) is 40.4 Å². The zero-order valence-electron chi connectivity index (χ0n) is 13.4. The molecule has 2 aromatic rings. The number of thioether (sulfide) groups is 1. The molecular formula is C17H13ClN4O2S. The molecule has 0 saturated carbocycles. The van der Waals surface area contributed by atoms with Gasteiger partial charge >= 0.3 is 5.97 Å². The first-order valence-corrected chi connectivity index (χ1v) is 8.32. The number of ether oxygens (including phenoxy) is 1.